The summed E-state index contributed by atoms with van der Waals surface area (Å²) in [6.07, 6.45) is 2.25. The van der Waals surface area contributed by atoms with Gasteiger partial charge in [0.15, 0.2) is 11.7 Å². The number of hydrogen-bond donors (Lipinski definition) is 3. The summed E-state index contributed by atoms with van der Waals surface area (Å²) >= 11 is 0. The smallest absolute Gasteiger partial charge is 0.287 e. The fourth-order valence-electron chi connectivity index (χ4n) is 2.70. The number of carbonyl (C=O) groups is 1. The first kappa shape index (κ1) is 25.8. The predicted octanol–water partition coefficient (Wildman–Crippen LogP) is 3.66. The molecule has 0 fully saturated rings. The molecule has 1 aromatic carbocycles. The number of ether oxygens (including phenoxy) is 1. The second-order valence-corrected chi connectivity index (χ2v) is 6.93. The summed E-state index contributed by atoms with van der Waals surface area (Å²) in [4.78, 5) is 16.6. The zero-order valence-corrected chi connectivity index (χ0v) is 20.5. The van der Waals surface area contributed by atoms with E-state index in [2.05, 4.69) is 20.9 Å². The number of rotatable bonds is 10. The van der Waals surface area contributed by atoms with Crippen LogP contribution in [0.25, 0.3) is 0 Å². The predicted molar refractivity (Wildman–Crippen MR) is 131 cm³/mol. The molecule has 1 aromatic heterocycles. The Kier molecular flexibility index (Phi) is 12.0. The van der Waals surface area contributed by atoms with E-state index in [9.17, 15) is 4.79 Å². The van der Waals surface area contributed by atoms with Gasteiger partial charge in [-0.2, -0.15) is 0 Å². The first-order valence-electron chi connectivity index (χ1n) is 10.1. The molecule has 166 valence electrons. The van der Waals surface area contributed by atoms with Crippen LogP contribution >= 0.6 is 24.0 Å². The van der Waals surface area contributed by atoms with Crippen LogP contribution in [0.5, 0.6) is 5.75 Å². The normalized spacial score (nSPS) is 11.9. The van der Waals surface area contributed by atoms with Crippen molar-refractivity contribution in [1.29, 1.82) is 0 Å². The van der Waals surface area contributed by atoms with Gasteiger partial charge in [-0.1, -0.05) is 12.1 Å². The van der Waals surface area contributed by atoms with Crippen molar-refractivity contribution < 1.29 is 13.9 Å². The number of benzene rings is 1. The van der Waals surface area contributed by atoms with Crippen molar-refractivity contribution in [2.45, 2.75) is 40.2 Å². The molecular formula is C22H33IN4O3. The van der Waals surface area contributed by atoms with E-state index in [4.69, 9.17) is 9.15 Å². The zero-order valence-electron chi connectivity index (χ0n) is 18.2. The van der Waals surface area contributed by atoms with E-state index < -0.39 is 0 Å². The molecule has 2 aromatic rings. The molecule has 1 atom stereocenters. The number of aryl methyl sites for hydroxylation is 2. The third-order valence-electron chi connectivity index (χ3n) is 4.18. The average Bonchev–Trinajstić information content (AvgIpc) is 3.11. The van der Waals surface area contributed by atoms with Crippen molar-refractivity contribution in [3.8, 4) is 5.75 Å². The summed E-state index contributed by atoms with van der Waals surface area (Å²) in [5, 5.41) is 9.36. The van der Waals surface area contributed by atoms with Crippen molar-refractivity contribution in [3.05, 3.63) is 53.5 Å². The lowest BCUT2D eigenvalue weighted by Gasteiger charge is -2.15. The minimum Gasteiger partial charge on any atom is -0.489 e. The van der Waals surface area contributed by atoms with Crippen LogP contribution in [0.4, 0.5) is 0 Å². The molecule has 0 radical (unpaired) electrons. The highest BCUT2D eigenvalue weighted by Gasteiger charge is 2.11. The molecule has 30 heavy (non-hydrogen) atoms. The van der Waals surface area contributed by atoms with Crippen LogP contribution < -0.4 is 20.7 Å². The van der Waals surface area contributed by atoms with Gasteiger partial charge in [0.1, 0.15) is 11.9 Å². The number of aliphatic imine (C=N–C) groups is 1. The monoisotopic (exact) mass is 528 g/mol. The second-order valence-electron chi connectivity index (χ2n) is 6.93. The number of furan rings is 1. The van der Waals surface area contributed by atoms with E-state index in [-0.39, 0.29) is 36.0 Å². The van der Waals surface area contributed by atoms with Gasteiger partial charge in [-0.15, -0.1) is 24.0 Å². The van der Waals surface area contributed by atoms with Crippen molar-refractivity contribution in [2.24, 2.45) is 4.99 Å². The van der Waals surface area contributed by atoms with Gasteiger partial charge in [-0.05, 0) is 57.9 Å². The molecule has 1 amide bonds. The van der Waals surface area contributed by atoms with Gasteiger partial charge < -0.3 is 25.1 Å². The number of hydrogen-bond acceptors (Lipinski definition) is 4. The molecule has 0 bridgehead atoms. The van der Waals surface area contributed by atoms with Crippen LogP contribution in [-0.4, -0.2) is 44.1 Å². The van der Waals surface area contributed by atoms with Crippen LogP contribution in [0.2, 0.25) is 0 Å². The Hall–Kier alpha value is -2.23. The standard InChI is InChI=1S/C22H32N4O3.HI/c1-5-23-22(26-15-18(4)29-19-9-6-8-16(2)14-19)25-12-7-11-24-21(27)20-17(3)10-13-28-20;/h6,8-10,13-14,18H,5,7,11-12,15H2,1-4H3,(H,24,27)(H2,23,25,26);1H. The molecule has 0 saturated heterocycles. The van der Waals surface area contributed by atoms with Crippen LogP contribution in [0, 0.1) is 13.8 Å². The highest BCUT2D eigenvalue weighted by atomic mass is 127. The van der Waals surface area contributed by atoms with Crippen molar-refractivity contribution in [3.63, 3.8) is 0 Å². The topological polar surface area (TPSA) is 87.9 Å². The summed E-state index contributed by atoms with van der Waals surface area (Å²) in [5.41, 5.74) is 2.01. The molecule has 3 N–H and O–H groups in total. The number of nitrogens with one attached hydrogen (secondary N) is 3. The first-order valence-corrected chi connectivity index (χ1v) is 10.1. The second kappa shape index (κ2) is 13.9. The van der Waals surface area contributed by atoms with Gasteiger partial charge in [-0.25, -0.2) is 4.99 Å². The SMILES string of the molecule is CCNC(=NCC(C)Oc1cccc(C)c1)NCCCNC(=O)c1occc1C.I. The Bertz CT molecular complexity index is 807. The van der Waals surface area contributed by atoms with E-state index in [0.29, 0.717) is 25.4 Å². The minimum atomic E-state index is -0.185. The quantitative estimate of drug-likeness (QED) is 0.190. The number of nitrogens with zero attached hydrogens (tertiary/aromatic N) is 1. The fourth-order valence-corrected chi connectivity index (χ4v) is 2.70. The Morgan fingerprint density at radius 1 is 1.17 bits per heavy atom. The molecule has 0 aliphatic carbocycles. The van der Waals surface area contributed by atoms with E-state index in [1.54, 1.807) is 6.07 Å². The average molecular weight is 528 g/mol. The molecule has 1 heterocycles. The molecule has 0 aliphatic rings. The molecule has 8 heteroatoms. The summed E-state index contributed by atoms with van der Waals surface area (Å²) in [5.74, 6) is 1.78. The summed E-state index contributed by atoms with van der Waals surface area (Å²) in [6, 6.07) is 9.77. The lowest BCUT2D eigenvalue weighted by Crippen LogP contribution is -2.39. The minimum absolute atomic E-state index is 0. The maximum atomic E-state index is 12.0. The fraction of sp³-hybridized carbons (Fsp3) is 0.455. The Labute approximate surface area is 196 Å². The summed E-state index contributed by atoms with van der Waals surface area (Å²) in [7, 11) is 0. The van der Waals surface area contributed by atoms with Crippen molar-refractivity contribution >= 4 is 35.8 Å². The Morgan fingerprint density at radius 3 is 2.60 bits per heavy atom. The third kappa shape index (κ3) is 9.06. The van der Waals surface area contributed by atoms with Gasteiger partial charge in [0, 0.05) is 25.2 Å². The summed E-state index contributed by atoms with van der Waals surface area (Å²) < 4.78 is 11.1. The van der Waals surface area contributed by atoms with Crippen LogP contribution in [0.3, 0.4) is 0 Å². The van der Waals surface area contributed by atoms with E-state index in [0.717, 1.165) is 30.2 Å². The van der Waals surface area contributed by atoms with E-state index >= 15 is 0 Å². The molecule has 0 saturated carbocycles. The maximum Gasteiger partial charge on any atom is 0.287 e. The number of guanidine groups is 1. The zero-order chi connectivity index (χ0) is 21.1. The highest BCUT2D eigenvalue weighted by Crippen LogP contribution is 2.14. The van der Waals surface area contributed by atoms with Gasteiger partial charge in [0.25, 0.3) is 5.91 Å². The first-order chi connectivity index (χ1) is 14.0. The van der Waals surface area contributed by atoms with Crippen LogP contribution in [0.15, 0.2) is 46.0 Å². The Balaban J connectivity index is 0.00000450. The molecule has 0 aliphatic heterocycles. The van der Waals surface area contributed by atoms with E-state index in [1.165, 1.54) is 11.8 Å². The number of amides is 1. The molecule has 0 spiro atoms. The number of halogens is 1. The lowest BCUT2D eigenvalue weighted by atomic mass is 10.2. The van der Waals surface area contributed by atoms with Crippen molar-refractivity contribution in [2.75, 3.05) is 26.2 Å². The Morgan fingerprint density at radius 2 is 1.93 bits per heavy atom. The van der Waals surface area contributed by atoms with Crippen LogP contribution in [-0.2, 0) is 0 Å². The molecular weight excluding hydrogens is 495 g/mol. The van der Waals surface area contributed by atoms with E-state index in [1.807, 2.05) is 52.0 Å². The van der Waals surface area contributed by atoms with Gasteiger partial charge in [0.05, 0.1) is 12.8 Å². The van der Waals surface area contributed by atoms with Crippen molar-refractivity contribution in [1.82, 2.24) is 16.0 Å². The van der Waals surface area contributed by atoms with Crippen LogP contribution in [0.1, 0.15) is 41.9 Å². The van der Waals surface area contributed by atoms with Gasteiger partial charge >= 0.3 is 0 Å². The largest absolute Gasteiger partial charge is 0.489 e. The highest BCUT2D eigenvalue weighted by molar-refractivity contribution is 14.0. The van der Waals surface area contributed by atoms with Gasteiger partial charge in [0.2, 0.25) is 0 Å². The lowest BCUT2D eigenvalue weighted by molar-refractivity contribution is 0.0925. The van der Waals surface area contributed by atoms with Gasteiger partial charge in [-0.3, -0.25) is 4.79 Å². The third-order valence-corrected chi connectivity index (χ3v) is 4.18. The molecule has 1 unspecified atom stereocenters. The summed E-state index contributed by atoms with van der Waals surface area (Å²) in [6.45, 7) is 10.5. The maximum absolute atomic E-state index is 12.0. The molecule has 2 rings (SSSR count). The molecule has 7 nitrogen and oxygen atoms in total. The number of carbonyl (C=O) groups excluding carboxylic acids is 1.